The molecule has 4 aromatic heterocycles. The van der Waals surface area contributed by atoms with E-state index in [1.807, 2.05) is 35.0 Å². The number of nitrogens with zero attached hydrogens (tertiary/aromatic N) is 5. The Labute approximate surface area is 199 Å². The van der Waals surface area contributed by atoms with Gasteiger partial charge in [0.15, 0.2) is 0 Å². The lowest BCUT2D eigenvalue weighted by atomic mass is 10.2. The van der Waals surface area contributed by atoms with E-state index in [1.165, 1.54) is 22.2 Å². The number of likely N-dealkylation sites (N-methyl/N-ethyl adjacent to an activating group) is 1. The number of piperazine rings is 1. The van der Waals surface area contributed by atoms with Crippen LogP contribution in [0.25, 0.3) is 20.7 Å². The summed E-state index contributed by atoms with van der Waals surface area (Å²) < 4.78 is 1.38. The molecule has 0 bridgehead atoms. The van der Waals surface area contributed by atoms with Crippen LogP contribution in [0, 0.1) is 0 Å². The van der Waals surface area contributed by atoms with Gasteiger partial charge in [-0.2, -0.15) is 0 Å². The minimum Gasteiger partial charge on any atom is -0.354 e. The summed E-state index contributed by atoms with van der Waals surface area (Å²) in [7, 11) is 2.12. The van der Waals surface area contributed by atoms with Crippen LogP contribution < -0.4 is 15.8 Å². The van der Waals surface area contributed by atoms with Gasteiger partial charge in [0, 0.05) is 54.7 Å². The van der Waals surface area contributed by atoms with Crippen molar-refractivity contribution in [2.45, 2.75) is 13.1 Å². The maximum Gasteiger partial charge on any atom is 0.263 e. The Kier molecular flexibility index (Phi) is 6.21. The first-order chi connectivity index (χ1) is 16.1. The number of pyridine rings is 1. The monoisotopic (exact) mass is 480 g/mol. The fourth-order valence-corrected chi connectivity index (χ4v) is 5.60. The van der Waals surface area contributed by atoms with Gasteiger partial charge < -0.3 is 15.1 Å². The average Bonchev–Trinajstić information content (AvgIpc) is 3.50. The van der Waals surface area contributed by atoms with Gasteiger partial charge in [-0.3, -0.25) is 14.2 Å². The summed E-state index contributed by atoms with van der Waals surface area (Å²) in [5.41, 5.74) is 1.66. The minimum atomic E-state index is -0.232. The van der Waals surface area contributed by atoms with Crippen molar-refractivity contribution in [2.24, 2.45) is 0 Å². The van der Waals surface area contributed by atoms with Crippen molar-refractivity contribution in [1.29, 1.82) is 0 Å². The number of thiophene rings is 2. The summed E-state index contributed by atoms with van der Waals surface area (Å²) in [6.45, 7) is 4.20. The largest absolute Gasteiger partial charge is 0.354 e. The molecule has 0 saturated carbocycles. The predicted molar refractivity (Wildman–Crippen MR) is 133 cm³/mol. The van der Waals surface area contributed by atoms with E-state index >= 15 is 0 Å². The lowest BCUT2D eigenvalue weighted by Gasteiger charge is -2.33. The molecule has 0 aromatic carbocycles. The molecular weight excluding hydrogens is 456 g/mol. The third kappa shape index (κ3) is 4.68. The van der Waals surface area contributed by atoms with Crippen LogP contribution in [0.15, 0.2) is 52.3 Å². The van der Waals surface area contributed by atoms with Crippen molar-refractivity contribution in [3.63, 3.8) is 0 Å². The lowest BCUT2D eigenvalue weighted by Crippen LogP contribution is -2.44. The number of amides is 1. The highest BCUT2D eigenvalue weighted by atomic mass is 32.1. The molecule has 170 valence electrons. The van der Waals surface area contributed by atoms with Crippen LogP contribution in [0.1, 0.15) is 5.56 Å². The Morgan fingerprint density at radius 1 is 1.15 bits per heavy atom. The zero-order chi connectivity index (χ0) is 22.8. The number of carbonyl (C=O) groups is 1. The number of hydrogen-bond acceptors (Lipinski definition) is 8. The molecule has 1 aliphatic rings. The first-order valence-corrected chi connectivity index (χ1v) is 12.5. The molecule has 1 amide bonds. The summed E-state index contributed by atoms with van der Waals surface area (Å²) >= 11 is 3.03. The molecule has 33 heavy (non-hydrogen) atoms. The minimum absolute atomic E-state index is 0.0715. The second kappa shape index (κ2) is 9.42. The normalized spacial score (nSPS) is 14.6. The molecule has 0 radical (unpaired) electrons. The number of nitrogens with one attached hydrogen (secondary N) is 1. The molecule has 1 aliphatic heterocycles. The van der Waals surface area contributed by atoms with Crippen molar-refractivity contribution in [3.05, 3.63) is 63.5 Å². The number of carbonyl (C=O) groups excluding carboxylic acids is 1. The molecule has 1 fully saturated rings. The lowest BCUT2D eigenvalue weighted by molar-refractivity contribution is -0.121. The van der Waals surface area contributed by atoms with Crippen molar-refractivity contribution in [1.82, 2.24) is 24.8 Å². The molecule has 1 saturated heterocycles. The molecule has 5 rings (SSSR count). The van der Waals surface area contributed by atoms with Gasteiger partial charge in [-0.25, -0.2) is 9.97 Å². The molecular formula is C23H24N6O2S2. The number of fused-ring (bicyclic) bond motifs is 1. The number of anilines is 1. The summed E-state index contributed by atoms with van der Waals surface area (Å²) in [6.07, 6.45) is 3.23. The fourth-order valence-electron chi connectivity index (χ4n) is 3.88. The van der Waals surface area contributed by atoms with Crippen LogP contribution >= 0.6 is 22.7 Å². The van der Waals surface area contributed by atoms with Crippen molar-refractivity contribution >= 4 is 44.6 Å². The Balaban J connectivity index is 1.26. The fraction of sp³-hybridized carbons (Fsp3) is 0.304. The third-order valence-corrected chi connectivity index (χ3v) is 7.58. The SMILES string of the molecule is CN1CCN(c2cc(CNC(=O)Cn3cnc4scc(-c5cccs5)c4c3=O)ccn2)CC1. The van der Waals surface area contributed by atoms with Crippen LogP contribution in [-0.2, 0) is 17.9 Å². The Morgan fingerprint density at radius 3 is 2.79 bits per heavy atom. The first kappa shape index (κ1) is 21.7. The van der Waals surface area contributed by atoms with E-state index in [2.05, 4.69) is 32.1 Å². The van der Waals surface area contributed by atoms with Gasteiger partial charge in [0.25, 0.3) is 5.56 Å². The highest BCUT2D eigenvalue weighted by molar-refractivity contribution is 7.18. The summed E-state index contributed by atoms with van der Waals surface area (Å²) in [6, 6.07) is 7.86. The maximum absolute atomic E-state index is 13.1. The summed E-state index contributed by atoms with van der Waals surface area (Å²) in [5, 5.41) is 7.43. The predicted octanol–water partition coefficient (Wildman–Crippen LogP) is 2.65. The highest BCUT2D eigenvalue weighted by Crippen LogP contribution is 2.33. The van der Waals surface area contributed by atoms with Crippen LogP contribution in [0.5, 0.6) is 0 Å². The van der Waals surface area contributed by atoms with E-state index in [9.17, 15) is 9.59 Å². The third-order valence-electron chi connectivity index (χ3n) is 5.79. The van der Waals surface area contributed by atoms with Gasteiger partial charge in [-0.1, -0.05) is 6.07 Å². The van der Waals surface area contributed by atoms with Gasteiger partial charge in [0.2, 0.25) is 5.91 Å². The van der Waals surface area contributed by atoms with Crippen LogP contribution in [0.4, 0.5) is 5.82 Å². The number of aromatic nitrogens is 3. The molecule has 5 heterocycles. The molecule has 0 atom stereocenters. The molecule has 1 N–H and O–H groups in total. The van der Waals surface area contributed by atoms with Gasteiger partial charge >= 0.3 is 0 Å². The number of hydrogen-bond donors (Lipinski definition) is 1. The molecule has 0 unspecified atom stereocenters. The second-order valence-electron chi connectivity index (χ2n) is 8.07. The quantitative estimate of drug-likeness (QED) is 0.457. The van der Waals surface area contributed by atoms with Gasteiger partial charge in [0.05, 0.1) is 11.7 Å². The summed E-state index contributed by atoms with van der Waals surface area (Å²) in [4.78, 5) is 40.9. The van der Waals surface area contributed by atoms with Crippen LogP contribution in [0.3, 0.4) is 0 Å². The molecule has 8 nitrogen and oxygen atoms in total. The van der Waals surface area contributed by atoms with E-state index in [-0.39, 0.29) is 18.0 Å². The van der Waals surface area contributed by atoms with E-state index in [0.717, 1.165) is 48.0 Å². The van der Waals surface area contributed by atoms with Gasteiger partial charge in [0.1, 0.15) is 17.2 Å². The average molecular weight is 481 g/mol. The van der Waals surface area contributed by atoms with E-state index in [1.54, 1.807) is 17.5 Å². The zero-order valence-corrected chi connectivity index (χ0v) is 19.9. The standard InChI is InChI=1S/C23H24N6O2S2/c1-27-6-8-28(9-7-27)19-11-16(4-5-24-19)12-25-20(30)13-29-15-26-22-21(23(29)31)17(14-33-22)18-3-2-10-32-18/h2-5,10-11,14-15H,6-9,12-13H2,1H3,(H,25,30). The van der Waals surface area contributed by atoms with E-state index < -0.39 is 0 Å². The summed E-state index contributed by atoms with van der Waals surface area (Å²) in [5.74, 6) is 0.698. The Hall–Kier alpha value is -3.08. The highest BCUT2D eigenvalue weighted by Gasteiger charge is 2.17. The van der Waals surface area contributed by atoms with E-state index in [4.69, 9.17) is 0 Å². The van der Waals surface area contributed by atoms with Crippen LogP contribution in [-0.4, -0.2) is 58.6 Å². The molecule has 0 aliphatic carbocycles. The van der Waals surface area contributed by atoms with Crippen molar-refractivity contribution in [2.75, 3.05) is 38.1 Å². The van der Waals surface area contributed by atoms with Gasteiger partial charge in [-0.05, 0) is 36.2 Å². The molecule has 0 spiro atoms. The topological polar surface area (TPSA) is 83.4 Å². The second-order valence-corrected chi connectivity index (χ2v) is 9.88. The number of rotatable bonds is 6. The van der Waals surface area contributed by atoms with E-state index in [0.29, 0.717) is 16.8 Å². The molecule has 4 aromatic rings. The van der Waals surface area contributed by atoms with Crippen LogP contribution in [0.2, 0.25) is 0 Å². The Bertz CT molecular complexity index is 1320. The maximum atomic E-state index is 13.1. The first-order valence-electron chi connectivity index (χ1n) is 10.7. The molecule has 10 heteroatoms. The van der Waals surface area contributed by atoms with Gasteiger partial charge in [-0.15, -0.1) is 22.7 Å². The zero-order valence-electron chi connectivity index (χ0n) is 18.2. The Morgan fingerprint density at radius 2 is 2.00 bits per heavy atom. The smallest absolute Gasteiger partial charge is 0.263 e. The van der Waals surface area contributed by atoms with Crippen molar-refractivity contribution < 1.29 is 4.79 Å². The van der Waals surface area contributed by atoms with Crippen molar-refractivity contribution in [3.8, 4) is 10.4 Å².